The molecule has 0 bridgehead atoms. The number of amides is 2. The molecule has 0 aromatic heterocycles. The Labute approximate surface area is 220 Å². The number of carbonyl (C=O) groups excluding carboxylic acids is 2. The molecule has 2 amide bonds. The van der Waals surface area contributed by atoms with Gasteiger partial charge in [0.25, 0.3) is 11.8 Å². The predicted molar refractivity (Wildman–Crippen MR) is 146 cm³/mol. The summed E-state index contributed by atoms with van der Waals surface area (Å²) in [7, 11) is 0. The number of benzene rings is 2. The number of piperidine rings is 2. The molecular formula is C29H40N4O4. The minimum atomic E-state index is -0.685. The number of nitrogens with one attached hydrogen (secondary N) is 2. The van der Waals surface area contributed by atoms with Gasteiger partial charge in [-0.2, -0.15) is 0 Å². The fourth-order valence-corrected chi connectivity index (χ4v) is 5.91. The normalized spacial score (nSPS) is 27.9. The van der Waals surface area contributed by atoms with Crippen LogP contribution in [0.15, 0.2) is 48.5 Å². The van der Waals surface area contributed by atoms with Crippen molar-refractivity contribution in [2.45, 2.75) is 70.9 Å². The summed E-state index contributed by atoms with van der Waals surface area (Å²) >= 11 is 0. The van der Waals surface area contributed by atoms with Crippen LogP contribution in [0.4, 0.5) is 11.4 Å². The van der Waals surface area contributed by atoms with E-state index in [9.17, 15) is 20.0 Å². The molecule has 2 N–H and O–H groups in total. The SMILES string of the molecule is Cc1ccccc1NC(=O)[C@@H]1CCCC[N+]1([O-])CCC[N+]1([O-])CCCC[C@H]1C(=O)Nc1ccccc1C. The molecular weight excluding hydrogens is 468 g/mol. The standard InChI is InChI=1S/C29H40N4O4/c1-22-12-3-5-14-24(22)30-28(34)26-16-7-9-18-32(26,36)20-11-21-33(37)19-10-8-17-27(33)29(35)31-25-15-6-4-13-23(25)2/h3-6,12-15,26-27H,7-11,16-21H2,1-2H3,(H,30,34)(H,31,35)/t26-,27-,32?,33?/m0/s1. The number of likely N-dealkylation sites (tertiary alicyclic amines) is 2. The van der Waals surface area contributed by atoms with E-state index in [4.69, 9.17) is 0 Å². The van der Waals surface area contributed by atoms with Gasteiger partial charge in [-0.25, -0.2) is 0 Å². The third-order valence-electron chi connectivity index (χ3n) is 8.15. The molecule has 2 fully saturated rings. The number of nitrogens with zero attached hydrogens (tertiary/aromatic N) is 2. The number of anilines is 2. The monoisotopic (exact) mass is 508 g/mol. The second-order valence-electron chi connectivity index (χ2n) is 10.8. The number of para-hydroxylation sites is 2. The van der Waals surface area contributed by atoms with Gasteiger partial charge in [0.05, 0.1) is 26.2 Å². The highest BCUT2D eigenvalue weighted by Crippen LogP contribution is 2.30. The van der Waals surface area contributed by atoms with Gasteiger partial charge in [-0.15, -0.1) is 0 Å². The first-order chi connectivity index (χ1) is 17.7. The van der Waals surface area contributed by atoms with Crippen LogP contribution in [0.2, 0.25) is 0 Å². The van der Waals surface area contributed by atoms with Crippen LogP contribution in [-0.2, 0) is 9.59 Å². The Morgan fingerprint density at radius 3 is 1.54 bits per heavy atom. The molecule has 2 aliphatic heterocycles. The van der Waals surface area contributed by atoms with Crippen LogP contribution in [0.5, 0.6) is 0 Å². The lowest BCUT2D eigenvalue weighted by Gasteiger charge is -2.53. The van der Waals surface area contributed by atoms with Crippen LogP contribution in [0.1, 0.15) is 56.1 Å². The molecule has 37 heavy (non-hydrogen) atoms. The van der Waals surface area contributed by atoms with Gasteiger partial charge in [-0.1, -0.05) is 36.4 Å². The molecule has 4 rings (SSSR count). The summed E-state index contributed by atoms with van der Waals surface area (Å²) in [6, 6.07) is 13.7. The van der Waals surface area contributed by atoms with E-state index < -0.39 is 21.4 Å². The molecule has 8 nitrogen and oxygen atoms in total. The number of carbonyl (C=O) groups is 2. The van der Waals surface area contributed by atoms with Crippen LogP contribution >= 0.6 is 0 Å². The van der Waals surface area contributed by atoms with Crippen molar-refractivity contribution in [2.75, 3.05) is 36.8 Å². The number of hydrogen-bond acceptors (Lipinski definition) is 4. The van der Waals surface area contributed by atoms with E-state index >= 15 is 0 Å². The Bertz CT molecular complexity index is 1020. The van der Waals surface area contributed by atoms with Gasteiger partial charge in [-0.3, -0.25) is 9.59 Å². The maximum atomic E-state index is 13.9. The second-order valence-corrected chi connectivity index (χ2v) is 10.8. The van der Waals surface area contributed by atoms with Crippen molar-refractivity contribution in [3.63, 3.8) is 0 Å². The number of aryl methyl sites for hydroxylation is 2. The van der Waals surface area contributed by atoms with Gasteiger partial charge in [0.1, 0.15) is 0 Å². The fraction of sp³-hybridized carbons (Fsp3) is 0.517. The summed E-state index contributed by atoms with van der Waals surface area (Å²) < 4.78 is -1.20. The Balaban J connectivity index is 1.40. The van der Waals surface area contributed by atoms with Gasteiger partial charge in [-0.05, 0) is 62.8 Å². The number of quaternary nitrogens is 2. The maximum absolute atomic E-state index is 13.9. The molecule has 2 saturated heterocycles. The molecule has 4 atom stereocenters. The largest absolute Gasteiger partial charge is 0.632 e. The first-order valence-electron chi connectivity index (χ1n) is 13.6. The van der Waals surface area contributed by atoms with E-state index in [0.717, 1.165) is 48.2 Å². The molecule has 2 aliphatic rings. The van der Waals surface area contributed by atoms with Crippen molar-refractivity contribution in [2.24, 2.45) is 0 Å². The quantitative estimate of drug-likeness (QED) is 0.386. The molecule has 2 aromatic rings. The average Bonchev–Trinajstić information content (AvgIpc) is 2.87. The highest BCUT2D eigenvalue weighted by Gasteiger charge is 2.40. The number of hydrogen-bond donors (Lipinski definition) is 2. The summed E-state index contributed by atoms with van der Waals surface area (Å²) in [5, 5.41) is 33.7. The van der Waals surface area contributed by atoms with Gasteiger partial charge in [0.15, 0.2) is 12.1 Å². The van der Waals surface area contributed by atoms with Crippen LogP contribution in [-0.4, -0.2) is 59.4 Å². The topological polar surface area (TPSA) is 104 Å². The van der Waals surface area contributed by atoms with Crippen LogP contribution in [0.3, 0.4) is 0 Å². The second kappa shape index (κ2) is 11.7. The third-order valence-corrected chi connectivity index (χ3v) is 8.15. The van der Waals surface area contributed by atoms with Crippen molar-refractivity contribution in [3.05, 3.63) is 70.1 Å². The van der Waals surface area contributed by atoms with E-state index in [2.05, 4.69) is 10.6 Å². The van der Waals surface area contributed by atoms with E-state index in [1.54, 1.807) is 0 Å². The zero-order chi connectivity index (χ0) is 26.5. The zero-order valence-electron chi connectivity index (χ0n) is 22.1. The third kappa shape index (κ3) is 6.38. The van der Waals surface area contributed by atoms with E-state index in [1.165, 1.54) is 0 Å². The van der Waals surface area contributed by atoms with Crippen LogP contribution in [0.25, 0.3) is 0 Å². The van der Waals surface area contributed by atoms with Gasteiger partial charge < -0.3 is 30.3 Å². The Hall–Kier alpha value is -2.78. The maximum Gasteiger partial charge on any atom is 0.283 e. The lowest BCUT2D eigenvalue weighted by molar-refractivity contribution is -0.919. The molecule has 0 aliphatic carbocycles. The summed E-state index contributed by atoms with van der Waals surface area (Å²) in [4.78, 5) is 26.3. The molecule has 2 unspecified atom stereocenters. The number of hydroxylamine groups is 6. The molecule has 0 spiro atoms. The molecule has 8 heteroatoms. The predicted octanol–water partition coefficient (Wildman–Crippen LogP) is 5.00. The van der Waals surface area contributed by atoms with Crippen molar-refractivity contribution in [1.82, 2.24) is 0 Å². The minimum absolute atomic E-state index is 0.209. The Morgan fingerprint density at radius 2 is 1.14 bits per heavy atom. The van der Waals surface area contributed by atoms with Gasteiger partial charge in [0, 0.05) is 30.6 Å². The minimum Gasteiger partial charge on any atom is -0.632 e. The fourth-order valence-electron chi connectivity index (χ4n) is 5.91. The lowest BCUT2D eigenvalue weighted by atomic mass is 9.98. The molecule has 2 heterocycles. The smallest absolute Gasteiger partial charge is 0.283 e. The summed E-state index contributed by atoms with van der Waals surface area (Å²) in [6.45, 7) is 5.03. The Morgan fingerprint density at radius 1 is 0.730 bits per heavy atom. The molecule has 2 aromatic carbocycles. The van der Waals surface area contributed by atoms with E-state index in [-0.39, 0.29) is 24.9 Å². The first kappa shape index (κ1) is 27.3. The lowest BCUT2D eigenvalue weighted by Crippen LogP contribution is -2.61. The molecule has 0 saturated carbocycles. The van der Waals surface area contributed by atoms with Crippen LogP contribution in [0, 0.1) is 24.3 Å². The van der Waals surface area contributed by atoms with Gasteiger partial charge in [0.2, 0.25) is 0 Å². The first-order valence-corrected chi connectivity index (χ1v) is 13.6. The van der Waals surface area contributed by atoms with E-state index in [0.29, 0.717) is 32.4 Å². The summed E-state index contributed by atoms with van der Waals surface area (Å²) in [6.07, 6.45) is 4.70. The number of rotatable bonds is 8. The highest BCUT2D eigenvalue weighted by molar-refractivity contribution is 5.95. The highest BCUT2D eigenvalue weighted by atomic mass is 16.6. The summed E-state index contributed by atoms with van der Waals surface area (Å²) in [5.74, 6) is -0.494. The zero-order valence-corrected chi connectivity index (χ0v) is 22.1. The van der Waals surface area contributed by atoms with Crippen molar-refractivity contribution in [3.8, 4) is 0 Å². The Kier molecular flexibility index (Phi) is 8.64. The van der Waals surface area contributed by atoms with Crippen LogP contribution < -0.4 is 10.6 Å². The van der Waals surface area contributed by atoms with Crippen molar-refractivity contribution >= 4 is 23.2 Å². The van der Waals surface area contributed by atoms with Crippen molar-refractivity contribution in [1.29, 1.82) is 0 Å². The van der Waals surface area contributed by atoms with Crippen molar-refractivity contribution < 1.29 is 18.9 Å². The van der Waals surface area contributed by atoms with Gasteiger partial charge >= 0.3 is 0 Å². The van der Waals surface area contributed by atoms with E-state index in [1.807, 2.05) is 62.4 Å². The average molecular weight is 509 g/mol. The molecule has 0 radical (unpaired) electrons. The summed E-state index contributed by atoms with van der Waals surface area (Å²) in [5.41, 5.74) is 3.36. The molecule has 200 valence electrons.